The zero-order valence-electron chi connectivity index (χ0n) is 18.1. The third kappa shape index (κ3) is 8.96. The Morgan fingerprint density at radius 1 is 0.769 bits per heavy atom. The number of phenolic OH excluding ortho intramolecular Hbond substituents is 2. The molecule has 0 atom stereocenters. The van der Waals surface area contributed by atoms with Crippen LogP contribution in [0, 0.1) is 10.8 Å². The largest absolute Gasteiger partial charge is 0.508 e. The van der Waals surface area contributed by atoms with Gasteiger partial charge in [-0.3, -0.25) is 0 Å². The van der Waals surface area contributed by atoms with Gasteiger partial charge < -0.3 is 10.2 Å². The lowest BCUT2D eigenvalue weighted by Crippen LogP contribution is -2.09. The van der Waals surface area contributed by atoms with Gasteiger partial charge in [-0.2, -0.15) is 0 Å². The summed E-state index contributed by atoms with van der Waals surface area (Å²) in [5.74, 6) is 0.451. The normalized spacial score (nSPS) is 12.5. The van der Waals surface area contributed by atoms with Crippen molar-refractivity contribution in [2.45, 2.75) is 106 Å². The number of aryl methyl sites for hydroxylation is 1. The zero-order valence-corrected chi connectivity index (χ0v) is 18.1. The average Bonchev–Trinajstić information content (AvgIpc) is 2.51. The van der Waals surface area contributed by atoms with Gasteiger partial charge in [-0.15, -0.1) is 0 Å². The molecule has 0 amide bonds. The Kier molecular flexibility index (Phi) is 9.00. The van der Waals surface area contributed by atoms with Crippen LogP contribution in [-0.4, -0.2) is 10.2 Å². The summed E-state index contributed by atoms with van der Waals surface area (Å²) in [4.78, 5) is 0. The fraction of sp³-hybridized carbons (Fsp3) is 0.750. The van der Waals surface area contributed by atoms with Gasteiger partial charge in [-0.25, -0.2) is 0 Å². The van der Waals surface area contributed by atoms with E-state index in [0.717, 1.165) is 36.8 Å². The van der Waals surface area contributed by atoms with Gasteiger partial charge in [0.1, 0.15) is 11.5 Å². The van der Waals surface area contributed by atoms with Gasteiger partial charge in [-0.1, -0.05) is 67.2 Å². The molecular weight excluding hydrogens is 320 g/mol. The van der Waals surface area contributed by atoms with Crippen molar-refractivity contribution in [3.63, 3.8) is 0 Å². The maximum Gasteiger partial charge on any atom is 0.122 e. The van der Waals surface area contributed by atoms with E-state index in [1.807, 2.05) is 6.07 Å². The second-order valence-corrected chi connectivity index (χ2v) is 9.95. The molecule has 0 aromatic heterocycles. The molecule has 0 saturated heterocycles. The summed E-state index contributed by atoms with van der Waals surface area (Å²) < 4.78 is 0. The second kappa shape index (κ2) is 10.2. The minimum atomic E-state index is 0.183. The summed E-state index contributed by atoms with van der Waals surface area (Å²) in [6.07, 6.45) is 11.4. The lowest BCUT2D eigenvalue weighted by molar-refractivity contribution is 0.309. The van der Waals surface area contributed by atoms with E-state index >= 15 is 0 Å². The number of rotatable bonds is 11. The van der Waals surface area contributed by atoms with Crippen LogP contribution in [0.15, 0.2) is 12.1 Å². The number of benzene rings is 1. The van der Waals surface area contributed by atoms with E-state index in [1.54, 1.807) is 0 Å². The highest BCUT2D eigenvalue weighted by molar-refractivity contribution is 5.45. The maximum atomic E-state index is 10.3. The molecule has 1 aromatic rings. The Bertz CT molecular complexity index is 538. The molecule has 0 heterocycles. The van der Waals surface area contributed by atoms with Crippen LogP contribution >= 0.6 is 0 Å². The van der Waals surface area contributed by atoms with Gasteiger partial charge in [0.15, 0.2) is 0 Å². The predicted octanol–water partition coefficient (Wildman–Crippen LogP) is 7.40. The lowest BCUT2D eigenvalue weighted by Gasteiger charge is -2.22. The summed E-state index contributed by atoms with van der Waals surface area (Å²) in [7, 11) is 0. The van der Waals surface area contributed by atoms with Crippen molar-refractivity contribution in [3.05, 3.63) is 23.3 Å². The summed E-state index contributed by atoms with van der Waals surface area (Å²) in [5, 5.41) is 20.2. The van der Waals surface area contributed by atoms with E-state index < -0.39 is 0 Å². The monoisotopic (exact) mass is 362 g/mol. The summed E-state index contributed by atoms with van der Waals surface area (Å²) >= 11 is 0. The molecule has 0 aliphatic rings. The lowest BCUT2D eigenvalue weighted by atomic mass is 9.84. The molecule has 1 aromatic carbocycles. The fourth-order valence-corrected chi connectivity index (χ4v) is 3.44. The van der Waals surface area contributed by atoms with Crippen molar-refractivity contribution in [2.24, 2.45) is 10.8 Å². The highest BCUT2D eigenvalue weighted by Crippen LogP contribution is 2.32. The van der Waals surface area contributed by atoms with Gasteiger partial charge >= 0.3 is 0 Å². The molecular formula is C24H42O2. The van der Waals surface area contributed by atoms with Crippen LogP contribution in [0.5, 0.6) is 11.5 Å². The molecule has 26 heavy (non-hydrogen) atoms. The van der Waals surface area contributed by atoms with Crippen molar-refractivity contribution < 1.29 is 10.2 Å². The first-order chi connectivity index (χ1) is 12.0. The Labute approximate surface area is 162 Å². The molecule has 1 rings (SSSR count). The molecule has 0 unspecified atom stereocenters. The average molecular weight is 363 g/mol. The molecule has 0 aliphatic heterocycles. The van der Waals surface area contributed by atoms with Crippen molar-refractivity contribution >= 4 is 0 Å². The first-order valence-corrected chi connectivity index (χ1v) is 10.6. The molecule has 2 N–H and O–H groups in total. The van der Waals surface area contributed by atoms with Gasteiger partial charge in [0.25, 0.3) is 0 Å². The van der Waals surface area contributed by atoms with E-state index in [0.29, 0.717) is 10.8 Å². The Morgan fingerprint density at radius 3 is 2.00 bits per heavy atom. The summed E-state index contributed by atoms with van der Waals surface area (Å²) in [5.41, 5.74) is 2.99. The smallest absolute Gasteiger partial charge is 0.122 e. The molecule has 0 aliphatic carbocycles. The van der Waals surface area contributed by atoms with E-state index in [1.165, 1.54) is 44.6 Å². The van der Waals surface area contributed by atoms with Crippen molar-refractivity contribution in [1.29, 1.82) is 0 Å². The third-order valence-corrected chi connectivity index (χ3v) is 5.66. The molecule has 0 bridgehead atoms. The topological polar surface area (TPSA) is 40.5 Å². The Hall–Kier alpha value is -1.18. The molecule has 150 valence electrons. The molecule has 0 spiro atoms. The fourth-order valence-electron chi connectivity index (χ4n) is 3.44. The number of unbranched alkanes of at least 4 members (excludes halogenated alkanes) is 3. The number of phenols is 2. The zero-order chi connectivity index (χ0) is 19.8. The molecule has 2 nitrogen and oxygen atoms in total. The van der Waals surface area contributed by atoms with Crippen LogP contribution in [0.3, 0.4) is 0 Å². The predicted molar refractivity (Wildman–Crippen MR) is 113 cm³/mol. The van der Waals surface area contributed by atoms with Gasteiger partial charge in [0.2, 0.25) is 0 Å². The van der Waals surface area contributed by atoms with E-state index in [-0.39, 0.29) is 11.5 Å². The summed E-state index contributed by atoms with van der Waals surface area (Å²) in [6, 6.07) is 3.35. The van der Waals surface area contributed by atoms with Crippen LogP contribution in [-0.2, 0) is 12.8 Å². The summed E-state index contributed by atoms with van der Waals surface area (Å²) in [6.45, 7) is 13.8. The van der Waals surface area contributed by atoms with Crippen LogP contribution < -0.4 is 0 Å². The highest BCUT2D eigenvalue weighted by Gasteiger charge is 2.15. The van der Waals surface area contributed by atoms with Crippen molar-refractivity contribution in [1.82, 2.24) is 0 Å². The van der Waals surface area contributed by atoms with Crippen molar-refractivity contribution in [3.8, 4) is 11.5 Å². The minimum Gasteiger partial charge on any atom is -0.508 e. The van der Waals surface area contributed by atoms with Gasteiger partial charge in [0.05, 0.1) is 0 Å². The maximum absolute atomic E-state index is 10.3. The standard InChI is InChI=1S/C24H42O2/c1-7-24(5,6)16-12-10-14-21-19(17-20(25)18-22(21)26)13-9-8-11-15-23(2,3)4/h17-18,25-26H,7-16H2,1-6H3. The molecule has 0 saturated carbocycles. The first-order valence-electron chi connectivity index (χ1n) is 10.6. The van der Waals surface area contributed by atoms with Crippen LogP contribution in [0.4, 0.5) is 0 Å². The third-order valence-electron chi connectivity index (χ3n) is 5.66. The SMILES string of the molecule is CCC(C)(C)CCCCc1c(O)cc(O)cc1CCCCCC(C)(C)C. The van der Waals surface area contributed by atoms with E-state index in [9.17, 15) is 10.2 Å². The molecule has 2 heteroatoms. The molecule has 0 fully saturated rings. The van der Waals surface area contributed by atoms with E-state index in [2.05, 4.69) is 41.5 Å². The first kappa shape index (κ1) is 22.9. The quantitative estimate of drug-likeness (QED) is 0.403. The van der Waals surface area contributed by atoms with E-state index in [4.69, 9.17) is 0 Å². The van der Waals surface area contributed by atoms with Gasteiger partial charge in [0, 0.05) is 6.07 Å². The number of hydrogen-bond donors (Lipinski definition) is 2. The van der Waals surface area contributed by atoms with Gasteiger partial charge in [-0.05, 0) is 66.5 Å². The highest BCUT2D eigenvalue weighted by atomic mass is 16.3. The van der Waals surface area contributed by atoms with Crippen LogP contribution in [0.1, 0.15) is 104 Å². The Morgan fingerprint density at radius 2 is 1.38 bits per heavy atom. The second-order valence-electron chi connectivity index (χ2n) is 9.95. The number of hydrogen-bond acceptors (Lipinski definition) is 2. The van der Waals surface area contributed by atoms with Crippen molar-refractivity contribution in [2.75, 3.05) is 0 Å². The van der Waals surface area contributed by atoms with Crippen LogP contribution in [0.25, 0.3) is 0 Å². The number of aromatic hydroxyl groups is 2. The minimum absolute atomic E-state index is 0.183. The Balaban J connectivity index is 2.56. The molecule has 0 radical (unpaired) electrons. The van der Waals surface area contributed by atoms with Crippen LogP contribution in [0.2, 0.25) is 0 Å².